The van der Waals surface area contributed by atoms with Gasteiger partial charge < -0.3 is 4.74 Å². The van der Waals surface area contributed by atoms with Crippen molar-refractivity contribution in [2.24, 2.45) is 0 Å². The lowest BCUT2D eigenvalue weighted by Gasteiger charge is -2.42. The number of aromatic nitrogens is 1. The van der Waals surface area contributed by atoms with Gasteiger partial charge in [-0.15, -0.1) is 0 Å². The molecule has 1 saturated heterocycles. The Balaban J connectivity index is 1.96. The van der Waals surface area contributed by atoms with E-state index in [-0.39, 0.29) is 22.9 Å². The average Bonchev–Trinajstić information content (AvgIpc) is 2.45. The maximum Gasteiger partial charge on any atom is 0.145 e. The van der Waals surface area contributed by atoms with Crippen molar-refractivity contribution in [1.82, 2.24) is 9.88 Å². The van der Waals surface area contributed by atoms with Gasteiger partial charge in [-0.2, -0.15) is 0 Å². The molecule has 22 heavy (non-hydrogen) atoms. The predicted molar refractivity (Wildman–Crippen MR) is 87.5 cm³/mol. The van der Waals surface area contributed by atoms with Crippen LogP contribution < -0.4 is 0 Å². The summed E-state index contributed by atoms with van der Waals surface area (Å²) in [5.41, 5.74) is 0.709. The van der Waals surface area contributed by atoms with E-state index in [9.17, 15) is 4.39 Å². The van der Waals surface area contributed by atoms with Crippen LogP contribution in [-0.4, -0.2) is 41.2 Å². The summed E-state index contributed by atoms with van der Waals surface area (Å²) >= 11 is 0. The molecular weight excluding hydrogens is 279 g/mol. The molecule has 124 valence electrons. The first-order valence-corrected chi connectivity index (χ1v) is 8.17. The first kappa shape index (κ1) is 17.4. The van der Waals surface area contributed by atoms with Gasteiger partial charge in [-0.25, -0.2) is 4.39 Å². The second-order valence-electron chi connectivity index (χ2n) is 7.89. The van der Waals surface area contributed by atoms with Crippen molar-refractivity contribution in [2.75, 3.05) is 19.7 Å². The quantitative estimate of drug-likeness (QED) is 0.846. The summed E-state index contributed by atoms with van der Waals surface area (Å²) < 4.78 is 19.9. The van der Waals surface area contributed by atoms with Crippen LogP contribution in [0, 0.1) is 5.82 Å². The molecule has 2 heterocycles. The third kappa shape index (κ3) is 4.26. The highest BCUT2D eigenvalue weighted by atomic mass is 19.1. The molecule has 0 saturated carbocycles. The molecule has 1 atom stereocenters. The van der Waals surface area contributed by atoms with E-state index in [0.29, 0.717) is 0 Å². The Labute approximate surface area is 133 Å². The van der Waals surface area contributed by atoms with E-state index < -0.39 is 0 Å². The number of nitrogens with zero attached hydrogens (tertiary/aromatic N) is 2. The summed E-state index contributed by atoms with van der Waals surface area (Å²) in [4.78, 5) is 6.31. The van der Waals surface area contributed by atoms with Gasteiger partial charge >= 0.3 is 0 Å². The van der Waals surface area contributed by atoms with Crippen LogP contribution in [-0.2, 0) is 10.2 Å². The zero-order chi connectivity index (χ0) is 16.4. The lowest BCUT2D eigenvalue weighted by Crippen LogP contribution is -2.51. The monoisotopic (exact) mass is 308 g/mol. The topological polar surface area (TPSA) is 25.4 Å². The predicted octanol–water partition coefficient (Wildman–Crippen LogP) is 3.78. The van der Waals surface area contributed by atoms with Crippen molar-refractivity contribution < 1.29 is 9.13 Å². The Bertz CT molecular complexity index is 496. The van der Waals surface area contributed by atoms with Gasteiger partial charge in [0.1, 0.15) is 5.82 Å². The van der Waals surface area contributed by atoms with E-state index in [4.69, 9.17) is 4.74 Å². The van der Waals surface area contributed by atoms with E-state index in [1.165, 1.54) is 6.20 Å². The van der Waals surface area contributed by atoms with Gasteiger partial charge in [0.2, 0.25) is 0 Å². The maximum atomic E-state index is 14.0. The van der Waals surface area contributed by atoms with E-state index in [1.54, 1.807) is 12.3 Å². The van der Waals surface area contributed by atoms with Gasteiger partial charge in [0.25, 0.3) is 0 Å². The summed E-state index contributed by atoms with van der Waals surface area (Å²) in [5.74, 6) is -0.214. The minimum absolute atomic E-state index is 0.175. The Morgan fingerprint density at radius 3 is 2.68 bits per heavy atom. The summed E-state index contributed by atoms with van der Waals surface area (Å²) in [6, 6.07) is 1.79. The summed E-state index contributed by atoms with van der Waals surface area (Å²) in [7, 11) is 0. The number of hydrogen-bond donors (Lipinski definition) is 0. The third-order valence-electron chi connectivity index (χ3n) is 4.68. The molecule has 0 N–H and O–H groups in total. The highest BCUT2D eigenvalue weighted by molar-refractivity contribution is 5.22. The molecule has 1 aromatic heterocycles. The van der Waals surface area contributed by atoms with Gasteiger partial charge in [-0.05, 0) is 50.7 Å². The standard InChI is InChI=1S/C18H29FN2O/c1-17(2,3)21-10-11-22-14(13-21)6-8-18(4,5)15-7-9-20-12-16(15)19/h7,9,12,14H,6,8,10-11,13H2,1-5H3. The van der Waals surface area contributed by atoms with Crippen molar-refractivity contribution >= 4 is 0 Å². The molecule has 1 aromatic rings. The highest BCUT2D eigenvalue weighted by Crippen LogP contribution is 2.31. The molecule has 1 aliphatic rings. The fourth-order valence-electron chi connectivity index (χ4n) is 3.08. The normalized spacial score (nSPS) is 21.1. The molecule has 1 unspecified atom stereocenters. The van der Waals surface area contributed by atoms with Crippen molar-refractivity contribution in [3.05, 3.63) is 29.8 Å². The fourth-order valence-corrected chi connectivity index (χ4v) is 3.08. The van der Waals surface area contributed by atoms with Crippen molar-refractivity contribution in [1.29, 1.82) is 0 Å². The Kier molecular flexibility index (Phi) is 5.23. The Morgan fingerprint density at radius 1 is 1.32 bits per heavy atom. The maximum absolute atomic E-state index is 14.0. The lowest BCUT2D eigenvalue weighted by atomic mass is 9.80. The molecular formula is C18H29FN2O. The molecule has 0 aliphatic carbocycles. The minimum Gasteiger partial charge on any atom is -0.376 e. The summed E-state index contributed by atoms with van der Waals surface area (Å²) in [6.07, 6.45) is 5.05. The van der Waals surface area contributed by atoms with Crippen LogP contribution in [0.2, 0.25) is 0 Å². The highest BCUT2D eigenvalue weighted by Gasteiger charge is 2.31. The van der Waals surface area contributed by atoms with Crippen LogP contribution in [0.1, 0.15) is 53.0 Å². The fraction of sp³-hybridized carbons (Fsp3) is 0.722. The number of pyridine rings is 1. The van der Waals surface area contributed by atoms with E-state index in [1.807, 2.05) is 0 Å². The molecule has 0 amide bonds. The molecule has 2 rings (SSSR count). The first-order valence-electron chi connectivity index (χ1n) is 8.17. The van der Waals surface area contributed by atoms with Crippen LogP contribution >= 0.6 is 0 Å². The number of hydrogen-bond acceptors (Lipinski definition) is 3. The zero-order valence-electron chi connectivity index (χ0n) is 14.5. The number of morpholine rings is 1. The molecule has 0 bridgehead atoms. The van der Waals surface area contributed by atoms with Crippen LogP contribution in [0.4, 0.5) is 4.39 Å². The van der Waals surface area contributed by atoms with Gasteiger partial charge in [0, 0.05) is 24.8 Å². The number of halogens is 1. The Hall–Kier alpha value is -1.00. The smallest absolute Gasteiger partial charge is 0.145 e. The molecule has 0 aromatic carbocycles. The van der Waals surface area contributed by atoms with Crippen molar-refractivity contribution in [3.63, 3.8) is 0 Å². The molecule has 1 fully saturated rings. The van der Waals surface area contributed by atoms with Gasteiger partial charge in [0.05, 0.1) is 18.9 Å². The first-order chi connectivity index (χ1) is 10.2. The van der Waals surface area contributed by atoms with Crippen molar-refractivity contribution in [2.45, 2.75) is 64.5 Å². The third-order valence-corrected chi connectivity index (χ3v) is 4.68. The van der Waals surface area contributed by atoms with E-state index >= 15 is 0 Å². The second-order valence-corrected chi connectivity index (χ2v) is 7.89. The largest absolute Gasteiger partial charge is 0.376 e. The summed E-state index contributed by atoms with van der Waals surface area (Å²) in [5, 5.41) is 0. The zero-order valence-corrected chi connectivity index (χ0v) is 14.5. The molecule has 0 spiro atoms. The van der Waals surface area contributed by atoms with Gasteiger partial charge in [-0.3, -0.25) is 9.88 Å². The van der Waals surface area contributed by atoms with E-state index in [2.05, 4.69) is 44.5 Å². The molecule has 4 heteroatoms. The van der Waals surface area contributed by atoms with Crippen LogP contribution in [0.5, 0.6) is 0 Å². The van der Waals surface area contributed by atoms with Crippen molar-refractivity contribution in [3.8, 4) is 0 Å². The SMILES string of the molecule is CC(C)(CCC1CN(C(C)(C)C)CCO1)c1ccncc1F. The number of rotatable bonds is 4. The minimum atomic E-state index is -0.214. The molecule has 0 radical (unpaired) electrons. The van der Waals surface area contributed by atoms with Crippen LogP contribution in [0.25, 0.3) is 0 Å². The van der Waals surface area contributed by atoms with Gasteiger partial charge in [0.15, 0.2) is 0 Å². The van der Waals surface area contributed by atoms with Crippen LogP contribution in [0.15, 0.2) is 18.5 Å². The lowest BCUT2D eigenvalue weighted by molar-refractivity contribution is -0.0628. The molecule has 3 nitrogen and oxygen atoms in total. The second kappa shape index (κ2) is 6.63. The van der Waals surface area contributed by atoms with Crippen LogP contribution in [0.3, 0.4) is 0 Å². The Morgan fingerprint density at radius 2 is 2.05 bits per heavy atom. The average molecular weight is 308 g/mol. The van der Waals surface area contributed by atoms with E-state index in [0.717, 1.165) is 38.1 Å². The van der Waals surface area contributed by atoms with Gasteiger partial charge in [-0.1, -0.05) is 13.8 Å². The summed E-state index contributed by atoms with van der Waals surface area (Å²) in [6.45, 7) is 13.6. The molecule has 1 aliphatic heterocycles. The number of ether oxygens (including phenoxy) is 1.